The lowest BCUT2D eigenvalue weighted by atomic mass is 9.87. The Morgan fingerprint density at radius 2 is 1.24 bits per heavy atom. The number of hydrogen-bond acceptors (Lipinski definition) is 12. The summed E-state index contributed by atoms with van der Waals surface area (Å²) in [5.41, 5.74) is 16.8. The Balaban J connectivity index is 0.000000140. The van der Waals surface area contributed by atoms with Gasteiger partial charge in [0, 0.05) is 67.8 Å². The van der Waals surface area contributed by atoms with Crippen LogP contribution in [-0.2, 0) is 36.8 Å². The molecular weight excluding hydrogens is 729 g/mol. The molecule has 7 aromatic rings. The van der Waals surface area contributed by atoms with E-state index < -0.39 is 0 Å². The quantitative estimate of drug-likeness (QED) is 0.158. The van der Waals surface area contributed by atoms with Crippen LogP contribution in [0.5, 0.6) is 11.5 Å². The molecule has 0 aliphatic heterocycles. The summed E-state index contributed by atoms with van der Waals surface area (Å²) in [7, 11) is 3.37. The molecule has 0 amide bonds. The number of rotatable bonds is 8. The van der Waals surface area contributed by atoms with Crippen molar-refractivity contribution < 1.29 is 9.47 Å². The van der Waals surface area contributed by atoms with Crippen LogP contribution in [-0.4, -0.2) is 53.7 Å². The van der Waals surface area contributed by atoms with Gasteiger partial charge >= 0.3 is 0 Å². The van der Waals surface area contributed by atoms with Crippen LogP contribution in [0.2, 0.25) is 0 Å². The zero-order valence-corrected chi connectivity index (χ0v) is 32.5. The summed E-state index contributed by atoms with van der Waals surface area (Å²) in [6, 6.07) is 18.3. The lowest BCUT2D eigenvalue weighted by Crippen LogP contribution is -2.19. The molecule has 278 valence electrons. The Hall–Kier alpha value is -5.60. The molecule has 2 aromatic carbocycles. The second-order valence-electron chi connectivity index (χ2n) is 15.0. The molecule has 12 nitrogen and oxygen atoms in total. The van der Waals surface area contributed by atoms with Crippen molar-refractivity contribution in [3.63, 3.8) is 0 Å². The van der Waals surface area contributed by atoms with Gasteiger partial charge in [-0.3, -0.25) is 9.36 Å². The average Bonchev–Trinajstić information content (AvgIpc) is 3.89. The van der Waals surface area contributed by atoms with Crippen molar-refractivity contribution in [2.75, 3.05) is 25.3 Å². The number of anilines is 3. The minimum absolute atomic E-state index is 0.213. The van der Waals surface area contributed by atoms with E-state index in [0.717, 1.165) is 70.8 Å². The summed E-state index contributed by atoms with van der Waals surface area (Å²) < 4.78 is 14.8. The first-order valence-electron chi connectivity index (χ1n) is 18.5. The molecule has 2 fully saturated rings. The van der Waals surface area contributed by atoms with E-state index in [4.69, 9.17) is 25.3 Å². The number of nitrogens with one attached hydrogen (secondary N) is 1. The molecule has 2 saturated carbocycles. The second kappa shape index (κ2) is 13.0. The van der Waals surface area contributed by atoms with Crippen LogP contribution in [0.1, 0.15) is 63.6 Å². The van der Waals surface area contributed by atoms with Crippen LogP contribution in [0.3, 0.4) is 0 Å². The number of ether oxygens (including phenoxy) is 2. The topological polar surface area (TPSA) is 144 Å². The number of aryl methyl sites for hydroxylation is 1. The highest BCUT2D eigenvalue weighted by Crippen LogP contribution is 2.60. The number of aromatic nitrogens is 8. The highest BCUT2D eigenvalue weighted by Gasteiger charge is 2.52. The van der Waals surface area contributed by atoms with Gasteiger partial charge in [0.05, 0.1) is 51.1 Å². The van der Waals surface area contributed by atoms with E-state index in [-0.39, 0.29) is 10.8 Å². The zero-order valence-electron chi connectivity index (χ0n) is 30.9. The maximum absolute atomic E-state index is 5.99. The number of nitrogens with two attached hydrogens (primary N) is 1. The van der Waals surface area contributed by atoms with E-state index >= 15 is 0 Å². The van der Waals surface area contributed by atoms with Crippen LogP contribution in [0.4, 0.5) is 16.2 Å². The summed E-state index contributed by atoms with van der Waals surface area (Å²) in [5, 5.41) is 14.2. The fraction of sp³-hybridized carbons (Fsp3) is 0.317. The van der Waals surface area contributed by atoms with Gasteiger partial charge in [0.2, 0.25) is 5.95 Å². The van der Waals surface area contributed by atoms with E-state index in [2.05, 4.69) is 59.0 Å². The number of nitrogen functional groups attached to an aromatic ring is 1. The minimum Gasteiger partial charge on any atom is -0.497 e. The summed E-state index contributed by atoms with van der Waals surface area (Å²) in [6.45, 7) is 3.48. The number of fused-ring (bicyclic) bond motifs is 8. The van der Waals surface area contributed by atoms with Gasteiger partial charge in [0.1, 0.15) is 11.5 Å². The van der Waals surface area contributed by atoms with Gasteiger partial charge in [0.15, 0.2) is 10.3 Å². The molecule has 4 aliphatic carbocycles. The van der Waals surface area contributed by atoms with Gasteiger partial charge in [0.25, 0.3) is 0 Å². The number of methoxy groups -OCH3 is 2. The maximum atomic E-state index is 5.99. The third-order valence-corrected chi connectivity index (χ3v) is 13.7. The Bertz CT molecular complexity index is 2540. The first kappa shape index (κ1) is 33.9. The van der Waals surface area contributed by atoms with E-state index in [9.17, 15) is 0 Å². The van der Waals surface area contributed by atoms with Gasteiger partial charge in [-0.1, -0.05) is 24.3 Å². The highest BCUT2D eigenvalue weighted by molar-refractivity contribution is 7.16. The Morgan fingerprint density at radius 3 is 1.75 bits per heavy atom. The maximum Gasteiger partial charge on any atom is 0.229 e. The standard InChI is InChI=1S/C23H22N6OS.C18H18N4OS/c1-14-7-10-24-21(26-14)28-22-27-19-17-12-25-29(13-15-3-5-16(30-2)6-4-15)18(17)11-23(8-9-23)20(19)31-22;1-23-12-4-2-11(3-5-12)10-22-14-8-18(6-7-18)16-15(13(14)9-20-22)21-17(19)24-16/h3-7,10,12H,8-9,11,13H2,1-2H3,(H,24,26,27,28);2-5,9H,6-8,10H2,1H3,(H2,19,21). The van der Waals surface area contributed by atoms with Crippen molar-refractivity contribution in [2.24, 2.45) is 0 Å². The molecule has 3 N–H and O–H groups in total. The van der Waals surface area contributed by atoms with E-state index in [0.29, 0.717) is 11.1 Å². The molecule has 0 radical (unpaired) electrons. The molecule has 55 heavy (non-hydrogen) atoms. The number of hydrogen-bond donors (Lipinski definition) is 2. The molecule has 14 heteroatoms. The minimum atomic E-state index is 0.213. The van der Waals surface area contributed by atoms with Crippen molar-refractivity contribution in [1.82, 2.24) is 39.5 Å². The van der Waals surface area contributed by atoms with Crippen molar-refractivity contribution in [3.8, 4) is 34.0 Å². The fourth-order valence-electron chi connectivity index (χ4n) is 7.98. The van der Waals surface area contributed by atoms with Crippen LogP contribution in [0.15, 0.2) is 73.2 Å². The highest BCUT2D eigenvalue weighted by atomic mass is 32.1. The molecule has 5 heterocycles. The molecule has 11 rings (SSSR count). The van der Waals surface area contributed by atoms with Crippen molar-refractivity contribution in [1.29, 1.82) is 0 Å². The third-order valence-electron chi connectivity index (χ3n) is 11.4. The van der Waals surface area contributed by atoms with Crippen LogP contribution < -0.4 is 20.5 Å². The normalized spacial score (nSPS) is 16.0. The summed E-state index contributed by atoms with van der Waals surface area (Å²) in [6.07, 6.45) is 12.6. The average molecular weight is 769 g/mol. The first-order valence-corrected chi connectivity index (χ1v) is 20.2. The Labute approximate surface area is 326 Å². The van der Waals surface area contributed by atoms with Crippen LogP contribution in [0.25, 0.3) is 22.5 Å². The molecular formula is C41H40N10O2S2. The van der Waals surface area contributed by atoms with E-state index in [1.807, 2.05) is 49.6 Å². The first-order chi connectivity index (χ1) is 26.8. The summed E-state index contributed by atoms with van der Waals surface area (Å²) in [5.74, 6) is 2.33. The Morgan fingerprint density at radius 1 is 0.709 bits per heavy atom. The summed E-state index contributed by atoms with van der Waals surface area (Å²) in [4.78, 5) is 21.1. The van der Waals surface area contributed by atoms with Crippen LogP contribution >= 0.6 is 22.7 Å². The molecule has 2 spiro atoms. The smallest absolute Gasteiger partial charge is 0.229 e. The lowest BCUT2D eigenvalue weighted by Gasteiger charge is -2.22. The molecule has 0 atom stereocenters. The van der Waals surface area contributed by atoms with Gasteiger partial charge in [-0.15, -0.1) is 22.7 Å². The molecule has 4 aliphatic rings. The van der Waals surface area contributed by atoms with Gasteiger partial charge < -0.3 is 20.5 Å². The van der Waals surface area contributed by atoms with Gasteiger partial charge in [-0.05, 0) is 74.1 Å². The van der Waals surface area contributed by atoms with E-state index in [1.165, 1.54) is 58.0 Å². The molecule has 0 unspecified atom stereocenters. The van der Waals surface area contributed by atoms with Crippen molar-refractivity contribution in [3.05, 3.63) is 111 Å². The van der Waals surface area contributed by atoms with Crippen LogP contribution in [0, 0.1) is 6.92 Å². The SMILES string of the molecule is COc1ccc(Cn2ncc3c2CC2(CC2)c2sc(N)nc2-3)cc1.COc1ccc(Cn2ncc3c2CC2(CC2)c2sc(Nc4nccc(C)n4)nc2-3)cc1. The monoisotopic (exact) mass is 768 g/mol. The van der Waals surface area contributed by atoms with Gasteiger partial charge in [-0.25, -0.2) is 19.9 Å². The lowest BCUT2D eigenvalue weighted by molar-refractivity contribution is 0.414. The fourth-order valence-corrected chi connectivity index (χ4v) is 10.3. The molecule has 0 saturated heterocycles. The number of benzene rings is 2. The summed E-state index contributed by atoms with van der Waals surface area (Å²) >= 11 is 3.39. The van der Waals surface area contributed by atoms with Crippen molar-refractivity contribution >= 4 is 38.9 Å². The van der Waals surface area contributed by atoms with E-state index in [1.54, 1.807) is 43.1 Å². The van der Waals surface area contributed by atoms with Crippen molar-refractivity contribution in [2.45, 2.75) is 69.4 Å². The largest absolute Gasteiger partial charge is 0.497 e. The number of nitrogens with zero attached hydrogens (tertiary/aromatic N) is 8. The Kier molecular flexibility index (Phi) is 8.03. The number of thiazole rings is 2. The third kappa shape index (κ3) is 6.13. The molecule has 5 aromatic heterocycles. The second-order valence-corrected chi connectivity index (χ2v) is 17.0. The zero-order chi connectivity index (χ0) is 37.3. The molecule has 0 bridgehead atoms. The predicted molar refractivity (Wildman–Crippen MR) is 215 cm³/mol. The van der Waals surface area contributed by atoms with Gasteiger partial charge in [-0.2, -0.15) is 10.2 Å². The predicted octanol–water partition coefficient (Wildman–Crippen LogP) is 7.73.